The fourth-order valence-corrected chi connectivity index (χ4v) is 2.52. The molecule has 1 nitrogen and oxygen atoms in total. The van der Waals surface area contributed by atoms with Crippen LogP contribution in [0.2, 0.25) is 0 Å². The topological polar surface area (TPSA) is 0 Å². The molecular formula is C17H35Cl2N. The van der Waals surface area contributed by atoms with E-state index in [2.05, 4.69) is 27.1 Å². The van der Waals surface area contributed by atoms with Crippen molar-refractivity contribution in [2.75, 3.05) is 27.2 Å². The van der Waals surface area contributed by atoms with E-state index < -0.39 is 0 Å². The third-order valence-corrected chi connectivity index (χ3v) is 3.98. The average molecular weight is 324 g/mol. The predicted octanol–water partition coefficient (Wildman–Crippen LogP) is 2.74. The molecule has 0 fully saturated rings. The zero-order valence-electron chi connectivity index (χ0n) is 13.8. The Hall–Kier alpha value is 0.280. The average Bonchev–Trinajstić information content (AvgIpc) is 2.38. The molecule has 0 heterocycles. The van der Waals surface area contributed by atoms with Gasteiger partial charge in [-0.15, -0.1) is 0 Å². The summed E-state index contributed by atoms with van der Waals surface area (Å²) in [6.07, 6.45) is 16.2. The van der Waals surface area contributed by atoms with E-state index in [9.17, 15) is 0 Å². The lowest BCUT2D eigenvalue weighted by Crippen LogP contribution is -3.00. The first kappa shape index (κ1) is 22.6. The number of hydrogen-bond acceptors (Lipinski definition) is 0. The minimum atomic E-state index is 0. The molecule has 0 saturated carbocycles. The molecule has 0 spiro atoms. The lowest BCUT2D eigenvalue weighted by molar-refractivity contribution is -0.884. The molecule has 0 rings (SSSR count). The van der Waals surface area contributed by atoms with Gasteiger partial charge < -0.3 is 16.9 Å². The quantitative estimate of drug-likeness (QED) is 0.361. The number of hydrogen-bond donors (Lipinski definition) is 0. The highest BCUT2D eigenvalue weighted by atomic mass is 35.5. The highest BCUT2D eigenvalue weighted by Crippen LogP contribution is 2.11. The first-order chi connectivity index (χ1) is 9.12. The molecule has 0 aliphatic carbocycles. The Balaban J connectivity index is 0. The molecule has 0 N–H and O–H groups in total. The number of quaternary nitrogens is 1. The van der Waals surface area contributed by atoms with Crippen LogP contribution in [0.25, 0.3) is 0 Å². The first-order valence-electron chi connectivity index (χ1n) is 8.19. The first-order valence-corrected chi connectivity index (χ1v) is 8.63. The second-order valence-electron chi connectivity index (χ2n) is 6.39. The lowest BCUT2D eigenvalue weighted by atomic mass is 10.1. The van der Waals surface area contributed by atoms with Crippen molar-refractivity contribution in [3.8, 4) is 0 Å². The Morgan fingerprint density at radius 3 is 1.70 bits per heavy atom. The molecule has 0 aliphatic heterocycles. The number of unbranched alkanes of at least 4 members (excludes halogenated alkanes) is 9. The number of halogens is 2. The van der Waals surface area contributed by atoms with Crippen LogP contribution in [0.1, 0.15) is 71.1 Å². The Bertz CT molecular complexity index is 215. The molecule has 0 atom stereocenters. The van der Waals surface area contributed by atoms with Crippen LogP contribution in [-0.4, -0.2) is 31.7 Å². The van der Waals surface area contributed by atoms with Gasteiger partial charge in [-0.05, 0) is 18.9 Å². The highest BCUT2D eigenvalue weighted by Gasteiger charge is 2.11. The molecule has 0 saturated heterocycles. The molecule has 3 heteroatoms. The van der Waals surface area contributed by atoms with Gasteiger partial charge in [0.05, 0.1) is 27.2 Å². The van der Waals surface area contributed by atoms with Crippen molar-refractivity contribution < 1.29 is 16.9 Å². The molecule has 0 bridgehead atoms. The molecular weight excluding hydrogens is 289 g/mol. The van der Waals surface area contributed by atoms with E-state index in [0.717, 1.165) is 11.0 Å². The summed E-state index contributed by atoms with van der Waals surface area (Å²) in [5.41, 5.74) is 1.64. The van der Waals surface area contributed by atoms with Gasteiger partial charge in [0.25, 0.3) is 0 Å². The van der Waals surface area contributed by atoms with Crippen molar-refractivity contribution in [1.82, 2.24) is 0 Å². The highest BCUT2D eigenvalue weighted by molar-refractivity contribution is 6.25. The van der Waals surface area contributed by atoms with Crippen LogP contribution in [0.5, 0.6) is 0 Å². The van der Waals surface area contributed by atoms with Gasteiger partial charge in [0, 0.05) is 5.54 Å². The smallest absolute Gasteiger partial charge is 0.0981 e. The van der Waals surface area contributed by atoms with Crippen molar-refractivity contribution in [2.45, 2.75) is 71.1 Å². The summed E-state index contributed by atoms with van der Waals surface area (Å²) < 4.78 is 1.06. The van der Waals surface area contributed by atoms with Crippen LogP contribution >= 0.6 is 11.6 Å². The van der Waals surface area contributed by atoms with Gasteiger partial charge in [-0.2, -0.15) is 0 Å². The maximum atomic E-state index is 5.58. The van der Waals surface area contributed by atoms with Crippen molar-refractivity contribution in [2.24, 2.45) is 0 Å². The van der Waals surface area contributed by atoms with E-state index in [-0.39, 0.29) is 12.4 Å². The second-order valence-corrected chi connectivity index (χ2v) is 6.64. The zero-order chi connectivity index (χ0) is 14.4. The van der Waals surface area contributed by atoms with Gasteiger partial charge in [0.1, 0.15) is 0 Å². The third kappa shape index (κ3) is 16.3. The maximum Gasteiger partial charge on any atom is 0.0981 e. The number of nitrogens with zero attached hydrogens (tertiary/aromatic N) is 1. The predicted molar refractivity (Wildman–Crippen MR) is 88.7 cm³/mol. The fraction of sp³-hybridized carbons (Fsp3) is 0.882. The van der Waals surface area contributed by atoms with Crippen LogP contribution in [-0.2, 0) is 0 Å². The van der Waals surface area contributed by atoms with Gasteiger partial charge >= 0.3 is 0 Å². The minimum Gasteiger partial charge on any atom is -1.00 e. The van der Waals surface area contributed by atoms with Crippen molar-refractivity contribution >= 4 is 11.6 Å². The third-order valence-electron chi connectivity index (χ3n) is 3.81. The van der Waals surface area contributed by atoms with Crippen LogP contribution in [0.4, 0.5) is 0 Å². The van der Waals surface area contributed by atoms with E-state index in [1.807, 2.05) is 0 Å². The summed E-state index contributed by atoms with van der Waals surface area (Å²) in [5.74, 6) is 0. The lowest BCUT2D eigenvalue weighted by Gasteiger charge is -2.28. The molecule has 20 heavy (non-hydrogen) atoms. The fourth-order valence-electron chi connectivity index (χ4n) is 2.44. The van der Waals surface area contributed by atoms with Crippen molar-refractivity contribution in [3.63, 3.8) is 0 Å². The summed E-state index contributed by atoms with van der Waals surface area (Å²) in [5, 5.41) is 0. The van der Waals surface area contributed by atoms with Crippen molar-refractivity contribution in [3.05, 3.63) is 11.6 Å². The minimum absolute atomic E-state index is 0. The Labute approximate surface area is 138 Å². The molecule has 0 radical (unpaired) electrons. The Morgan fingerprint density at radius 2 is 1.25 bits per heavy atom. The Kier molecular flexibility index (Phi) is 17.7. The van der Waals surface area contributed by atoms with Crippen LogP contribution < -0.4 is 12.4 Å². The standard InChI is InChI=1S/C17H35ClN.ClH/c1-4-5-6-7-8-9-10-11-12-13-16-19(2,3)17-14-15-18;/h14-15H,4-13,16-17H2,1-3H3;1H/q+1;/p-1/b15-14+;. The molecule has 0 aromatic heterocycles. The summed E-state index contributed by atoms with van der Waals surface area (Å²) in [4.78, 5) is 0. The molecule has 0 unspecified atom stereocenters. The van der Waals surface area contributed by atoms with Gasteiger partial charge in [0.2, 0.25) is 0 Å². The van der Waals surface area contributed by atoms with Crippen LogP contribution in [0.3, 0.4) is 0 Å². The SMILES string of the molecule is CCCCCCCCCCCC[N+](C)(C)C/C=C/Cl.[Cl-]. The number of likely N-dealkylation sites (N-methyl/N-ethyl adjacent to an activating group) is 1. The Morgan fingerprint density at radius 1 is 0.800 bits per heavy atom. The second kappa shape index (κ2) is 15.7. The van der Waals surface area contributed by atoms with E-state index in [0.29, 0.717) is 0 Å². The van der Waals surface area contributed by atoms with Crippen LogP contribution in [0, 0.1) is 0 Å². The van der Waals surface area contributed by atoms with Gasteiger partial charge in [-0.3, -0.25) is 0 Å². The normalized spacial score (nSPS) is 11.8. The summed E-state index contributed by atoms with van der Waals surface area (Å²) in [6.45, 7) is 4.58. The maximum absolute atomic E-state index is 5.58. The molecule has 0 aliphatic rings. The van der Waals surface area contributed by atoms with E-state index in [1.165, 1.54) is 70.8 Å². The van der Waals surface area contributed by atoms with Gasteiger partial charge in [-0.1, -0.05) is 69.9 Å². The molecule has 0 aromatic rings. The van der Waals surface area contributed by atoms with Gasteiger partial charge in [0.15, 0.2) is 0 Å². The molecule has 0 aromatic carbocycles. The molecule has 0 amide bonds. The van der Waals surface area contributed by atoms with Crippen molar-refractivity contribution in [1.29, 1.82) is 0 Å². The van der Waals surface area contributed by atoms with Gasteiger partial charge in [-0.25, -0.2) is 0 Å². The zero-order valence-corrected chi connectivity index (χ0v) is 15.4. The largest absolute Gasteiger partial charge is 1.00 e. The molecule has 122 valence electrons. The summed E-state index contributed by atoms with van der Waals surface area (Å²) in [6, 6.07) is 0. The van der Waals surface area contributed by atoms with E-state index in [4.69, 9.17) is 11.6 Å². The monoisotopic (exact) mass is 323 g/mol. The summed E-state index contributed by atoms with van der Waals surface area (Å²) in [7, 11) is 4.56. The number of rotatable bonds is 13. The van der Waals surface area contributed by atoms with E-state index in [1.54, 1.807) is 5.54 Å². The summed E-state index contributed by atoms with van der Waals surface area (Å²) >= 11 is 5.58. The van der Waals surface area contributed by atoms with Crippen LogP contribution in [0.15, 0.2) is 11.6 Å². The van der Waals surface area contributed by atoms with E-state index >= 15 is 0 Å².